The Kier molecular flexibility index (Phi) is 5.26. The molecular formula is C19H21N3O3S3. The van der Waals surface area contributed by atoms with Gasteiger partial charge in [0.15, 0.2) is 5.13 Å². The molecule has 9 heteroatoms. The number of nitrogens with zero attached hydrogens (tertiary/aromatic N) is 2. The Hall–Kier alpha value is -1.81. The summed E-state index contributed by atoms with van der Waals surface area (Å²) >= 11 is 2.65. The predicted octanol–water partition coefficient (Wildman–Crippen LogP) is 4.01. The summed E-state index contributed by atoms with van der Waals surface area (Å²) in [5, 5.41) is 5.20. The average molecular weight is 436 g/mol. The summed E-state index contributed by atoms with van der Waals surface area (Å²) in [6.45, 7) is 4.74. The third kappa shape index (κ3) is 3.71. The van der Waals surface area contributed by atoms with Gasteiger partial charge in [0.25, 0.3) is 10.0 Å². The molecule has 3 aromatic rings. The zero-order valence-electron chi connectivity index (χ0n) is 15.6. The molecule has 6 nitrogen and oxygen atoms in total. The summed E-state index contributed by atoms with van der Waals surface area (Å²) in [5.41, 5.74) is 3.22. The number of anilines is 1. The van der Waals surface area contributed by atoms with Gasteiger partial charge in [0, 0.05) is 13.1 Å². The largest absolute Gasteiger partial charge is 0.302 e. The summed E-state index contributed by atoms with van der Waals surface area (Å²) in [4.78, 5) is 17.3. The fourth-order valence-electron chi connectivity index (χ4n) is 3.35. The lowest BCUT2D eigenvalue weighted by atomic mass is 9.99. The minimum absolute atomic E-state index is 0.168. The molecule has 1 saturated heterocycles. The lowest BCUT2D eigenvalue weighted by Gasteiger charge is -2.30. The van der Waals surface area contributed by atoms with Crippen LogP contribution in [0.1, 0.15) is 24.0 Å². The van der Waals surface area contributed by atoms with Crippen molar-refractivity contribution in [2.45, 2.75) is 30.9 Å². The van der Waals surface area contributed by atoms with E-state index in [1.165, 1.54) is 32.5 Å². The molecule has 0 saturated carbocycles. The predicted molar refractivity (Wildman–Crippen MR) is 114 cm³/mol. The molecule has 1 aliphatic rings. The van der Waals surface area contributed by atoms with Crippen molar-refractivity contribution in [3.8, 4) is 0 Å². The lowest BCUT2D eigenvalue weighted by molar-refractivity contribution is -0.120. The van der Waals surface area contributed by atoms with E-state index in [4.69, 9.17) is 0 Å². The van der Waals surface area contributed by atoms with Crippen LogP contribution in [0.2, 0.25) is 0 Å². The smallest absolute Gasteiger partial charge is 0.252 e. The van der Waals surface area contributed by atoms with Crippen molar-refractivity contribution in [1.29, 1.82) is 0 Å². The standard InChI is InChI=1S/C19H21N3O3S3/c1-12-9-15-16(10-13(12)2)27-19(20-15)21-18(23)14-5-3-7-22(11-14)28(24,25)17-6-4-8-26-17/h4,6,8-10,14H,3,5,7,11H2,1-2H3,(H,20,21,23). The van der Waals surface area contributed by atoms with Crippen LogP contribution in [0.25, 0.3) is 10.2 Å². The Bertz CT molecular complexity index is 1080. The maximum absolute atomic E-state index is 12.8. The summed E-state index contributed by atoms with van der Waals surface area (Å²) in [6, 6.07) is 7.43. The van der Waals surface area contributed by atoms with Gasteiger partial charge < -0.3 is 5.32 Å². The van der Waals surface area contributed by atoms with Crippen LogP contribution in [0.5, 0.6) is 0 Å². The molecule has 0 spiro atoms. The number of aromatic nitrogens is 1. The van der Waals surface area contributed by atoms with Crippen LogP contribution < -0.4 is 5.32 Å². The van der Waals surface area contributed by atoms with E-state index in [-0.39, 0.29) is 18.4 Å². The Labute approximate surface area is 172 Å². The molecule has 1 aliphatic heterocycles. The highest BCUT2D eigenvalue weighted by Crippen LogP contribution is 2.30. The van der Waals surface area contributed by atoms with Gasteiger partial charge in [-0.25, -0.2) is 13.4 Å². The number of fused-ring (bicyclic) bond motifs is 1. The molecule has 4 rings (SSSR count). The zero-order valence-corrected chi connectivity index (χ0v) is 18.1. The van der Waals surface area contributed by atoms with Crippen LogP contribution in [-0.2, 0) is 14.8 Å². The van der Waals surface area contributed by atoms with E-state index in [1.54, 1.807) is 17.5 Å². The third-order valence-electron chi connectivity index (χ3n) is 5.08. The number of aryl methyl sites for hydroxylation is 2. The highest BCUT2D eigenvalue weighted by molar-refractivity contribution is 7.91. The fourth-order valence-corrected chi connectivity index (χ4v) is 6.97. The summed E-state index contributed by atoms with van der Waals surface area (Å²) in [7, 11) is -3.53. The van der Waals surface area contributed by atoms with Gasteiger partial charge in [-0.3, -0.25) is 4.79 Å². The molecule has 1 aromatic carbocycles. The molecule has 1 N–H and O–H groups in total. The summed E-state index contributed by atoms with van der Waals surface area (Å²) < 4.78 is 28.3. The number of carbonyl (C=O) groups excluding carboxylic acids is 1. The maximum Gasteiger partial charge on any atom is 0.252 e. The number of hydrogen-bond donors (Lipinski definition) is 1. The van der Waals surface area contributed by atoms with E-state index in [2.05, 4.69) is 23.3 Å². The minimum atomic E-state index is -3.53. The Morgan fingerprint density at radius 2 is 2.07 bits per heavy atom. The molecule has 0 bridgehead atoms. The molecule has 1 unspecified atom stereocenters. The van der Waals surface area contributed by atoms with Crippen LogP contribution in [0.15, 0.2) is 33.9 Å². The van der Waals surface area contributed by atoms with E-state index in [1.807, 2.05) is 13.0 Å². The molecule has 0 radical (unpaired) electrons. The first-order chi connectivity index (χ1) is 13.3. The second-order valence-electron chi connectivity index (χ2n) is 7.05. The number of carbonyl (C=O) groups is 1. The van der Waals surface area contributed by atoms with Crippen molar-refractivity contribution in [3.63, 3.8) is 0 Å². The Morgan fingerprint density at radius 1 is 1.29 bits per heavy atom. The van der Waals surface area contributed by atoms with Crippen molar-refractivity contribution in [1.82, 2.24) is 9.29 Å². The topological polar surface area (TPSA) is 79.4 Å². The third-order valence-corrected chi connectivity index (χ3v) is 9.25. The average Bonchev–Trinajstić information content (AvgIpc) is 3.32. The van der Waals surface area contributed by atoms with Gasteiger partial charge in [-0.05, 0) is 61.4 Å². The van der Waals surface area contributed by atoms with Crippen LogP contribution in [0.3, 0.4) is 0 Å². The van der Waals surface area contributed by atoms with Crippen molar-refractivity contribution in [3.05, 3.63) is 40.8 Å². The van der Waals surface area contributed by atoms with E-state index in [0.29, 0.717) is 28.7 Å². The first kappa shape index (κ1) is 19.5. The number of sulfonamides is 1. The van der Waals surface area contributed by atoms with Crippen LogP contribution >= 0.6 is 22.7 Å². The molecule has 1 amide bonds. The number of benzene rings is 1. The highest BCUT2D eigenvalue weighted by Gasteiger charge is 2.34. The van der Waals surface area contributed by atoms with Gasteiger partial charge in [-0.1, -0.05) is 17.4 Å². The van der Waals surface area contributed by atoms with Crippen molar-refractivity contribution < 1.29 is 13.2 Å². The van der Waals surface area contributed by atoms with Gasteiger partial charge >= 0.3 is 0 Å². The van der Waals surface area contributed by atoms with E-state index in [9.17, 15) is 13.2 Å². The number of hydrogen-bond acceptors (Lipinski definition) is 6. The number of nitrogens with one attached hydrogen (secondary N) is 1. The Morgan fingerprint density at radius 3 is 2.82 bits per heavy atom. The molecule has 148 valence electrons. The zero-order chi connectivity index (χ0) is 19.9. The normalized spacial score (nSPS) is 18.4. The number of rotatable bonds is 4. The summed E-state index contributed by atoms with van der Waals surface area (Å²) in [6.07, 6.45) is 1.34. The molecular weight excluding hydrogens is 414 g/mol. The molecule has 0 aliphatic carbocycles. The number of amides is 1. The van der Waals surface area contributed by atoms with Gasteiger partial charge in [0.05, 0.1) is 16.1 Å². The van der Waals surface area contributed by atoms with Gasteiger partial charge in [0.1, 0.15) is 4.21 Å². The SMILES string of the molecule is Cc1cc2nc(NC(=O)C3CCCN(S(=O)(=O)c4cccs4)C3)sc2cc1C. The first-order valence-electron chi connectivity index (χ1n) is 9.07. The van der Waals surface area contributed by atoms with Gasteiger partial charge in [-0.2, -0.15) is 4.31 Å². The second kappa shape index (κ2) is 7.55. The van der Waals surface area contributed by atoms with E-state index >= 15 is 0 Å². The van der Waals surface area contributed by atoms with Crippen molar-refractivity contribution >= 4 is 54.0 Å². The molecule has 28 heavy (non-hydrogen) atoms. The van der Waals surface area contributed by atoms with Crippen molar-refractivity contribution in [2.75, 3.05) is 18.4 Å². The molecule has 1 atom stereocenters. The minimum Gasteiger partial charge on any atom is -0.302 e. The second-order valence-corrected chi connectivity index (χ2v) is 11.2. The molecule has 2 aromatic heterocycles. The highest BCUT2D eigenvalue weighted by atomic mass is 32.2. The summed E-state index contributed by atoms with van der Waals surface area (Å²) in [5.74, 6) is -0.544. The quantitative estimate of drug-likeness (QED) is 0.671. The van der Waals surface area contributed by atoms with Crippen molar-refractivity contribution in [2.24, 2.45) is 5.92 Å². The lowest BCUT2D eigenvalue weighted by Crippen LogP contribution is -2.43. The van der Waals surface area contributed by atoms with Crippen LogP contribution in [0, 0.1) is 19.8 Å². The molecule has 1 fully saturated rings. The van der Waals surface area contributed by atoms with Crippen LogP contribution in [0.4, 0.5) is 5.13 Å². The molecule has 3 heterocycles. The first-order valence-corrected chi connectivity index (χ1v) is 12.2. The number of piperidine rings is 1. The number of thiophene rings is 1. The Balaban J connectivity index is 1.49. The van der Waals surface area contributed by atoms with Gasteiger partial charge in [0.2, 0.25) is 5.91 Å². The van der Waals surface area contributed by atoms with E-state index < -0.39 is 10.0 Å². The van der Waals surface area contributed by atoms with Gasteiger partial charge in [-0.15, -0.1) is 11.3 Å². The van der Waals surface area contributed by atoms with Crippen LogP contribution in [-0.4, -0.2) is 36.7 Å². The number of thiazole rings is 1. The fraction of sp³-hybridized carbons (Fsp3) is 0.368. The monoisotopic (exact) mass is 435 g/mol. The van der Waals surface area contributed by atoms with E-state index in [0.717, 1.165) is 15.8 Å². The maximum atomic E-state index is 12.8.